The number of aliphatic hydroxyl groups excluding tert-OH is 1. The second-order valence-corrected chi connectivity index (χ2v) is 7.90. The molecule has 3 atom stereocenters. The molecule has 1 aromatic carbocycles. The summed E-state index contributed by atoms with van der Waals surface area (Å²) in [6, 6.07) is 9.87. The Morgan fingerprint density at radius 3 is 2.91 bits per heavy atom. The molecule has 32 heavy (non-hydrogen) atoms. The van der Waals surface area contributed by atoms with Crippen molar-refractivity contribution in [3.05, 3.63) is 66.4 Å². The molecule has 0 bridgehead atoms. The van der Waals surface area contributed by atoms with Gasteiger partial charge in [0.15, 0.2) is 0 Å². The Labute approximate surface area is 185 Å². The van der Waals surface area contributed by atoms with Crippen LogP contribution in [0.1, 0.15) is 24.8 Å². The normalized spacial score (nSPS) is 20.8. The Morgan fingerprint density at radius 1 is 1.25 bits per heavy atom. The van der Waals surface area contributed by atoms with E-state index in [0.717, 1.165) is 12.0 Å². The van der Waals surface area contributed by atoms with Gasteiger partial charge in [-0.15, -0.1) is 5.10 Å². The summed E-state index contributed by atoms with van der Waals surface area (Å²) in [5.74, 6) is -0.454. The molecule has 0 aliphatic carbocycles. The standard InChI is InChI=1S/C23H26FN5O3/c24-19-6-2-1-5-18(19)21-14-29(28-27-21)11-9-17-7-8-20(22(15-30)32-17)26-23(31)12-16-4-3-10-25-13-16/h1-6,10,13-14,17,20,22,30H,7-9,11-12,15H2,(H,26,31)/t17-,20-,22-/m0/s1. The van der Waals surface area contributed by atoms with Crippen molar-refractivity contribution >= 4 is 5.91 Å². The molecule has 168 valence electrons. The minimum atomic E-state index is -0.462. The number of carbonyl (C=O) groups excluding carboxylic acids is 1. The number of pyridine rings is 1. The van der Waals surface area contributed by atoms with Crippen molar-refractivity contribution in [3.63, 3.8) is 0 Å². The molecule has 0 spiro atoms. The maximum atomic E-state index is 13.9. The highest BCUT2D eigenvalue weighted by Crippen LogP contribution is 2.23. The first-order valence-electron chi connectivity index (χ1n) is 10.7. The lowest BCUT2D eigenvalue weighted by atomic mass is 9.97. The summed E-state index contributed by atoms with van der Waals surface area (Å²) in [5, 5.41) is 20.9. The third-order valence-corrected chi connectivity index (χ3v) is 5.60. The topological polar surface area (TPSA) is 102 Å². The first-order chi connectivity index (χ1) is 15.6. The van der Waals surface area contributed by atoms with Crippen molar-refractivity contribution in [2.45, 2.75) is 50.5 Å². The number of aromatic nitrogens is 4. The predicted molar refractivity (Wildman–Crippen MR) is 115 cm³/mol. The zero-order valence-corrected chi connectivity index (χ0v) is 17.6. The van der Waals surface area contributed by atoms with Gasteiger partial charge in [-0.2, -0.15) is 0 Å². The SMILES string of the molecule is O=C(Cc1cccnc1)N[C@H]1CC[C@@H](CCn2cc(-c3ccccc3F)nn2)O[C@H]1CO. The van der Waals surface area contributed by atoms with Gasteiger partial charge >= 0.3 is 0 Å². The van der Waals surface area contributed by atoms with E-state index >= 15 is 0 Å². The number of halogens is 1. The highest BCUT2D eigenvalue weighted by molar-refractivity contribution is 5.78. The number of amides is 1. The van der Waals surface area contributed by atoms with Gasteiger partial charge < -0.3 is 15.2 Å². The summed E-state index contributed by atoms with van der Waals surface area (Å²) in [6.45, 7) is 0.386. The highest BCUT2D eigenvalue weighted by Gasteiger charge is 2.31. The maximum Gasteiger partial charge on any atom is 0.224 e. The van der Waals surface area contributed by atoms with Gasteiger partial charge in [-0.25, -0.2) is 4.39 Å². The lowest BCUT2D eigenvalue weighted by Crippen LogP contribution is -2.51. The fraction of sp³-hybridized carbons (Fsp3) is 0.391. The van der Waals surface area contributed by atoms with Crippen molar-refractivity contribution in [3.8, 4) is 11.3 Å². The second kappa shape index (κ2) is 10.4. The van der Waals surface area contributed by atoms with E-state index in [0.29, 0.717) is 30.6 Å². The minimum absolute atomic E-state index is 0.0697. The highest BCUT2D eigenvalue weighted by atomic mass is 19.1. The summed E-state index contributed by atoms with van der Waals surface area (Å²) < 4.78 is 21.6. The molecule has 1 amide bonds. The molecule has 8 nitrogen and oxygen atoms in total. The monoisotopic (exact) mass is 439 g/mol. The average Bonchev–Trinajstić information content (AvgIpc) is 3.28. The zero-order valence-electron chi connectivity index (χ0n) is 17.6. The summed E-state index contributed by atoms with van der Waals surface area (Å²) >= 11 is 0. The first kappa shape index (κ1) is 22.0. The molecule has 9 heteroatoms. The Kier molecular flexibility index (Phi) is 7.18. The van der Waals surface area contributed by atoms with Crippen LogP contribution in [0.5, 0.6) is 0 Å². The second-order valence-electron chi connectivity index (χ2n) is 7.90. The van der Waals surface area contributed by atoms with E-state index in [1.165, 1.54) is 6.07 Å². The molecule has 1 saturated heterocycles. The number of aliphatic hydroxyl groups is 1. The first-order valence-corrected chi connectivity index (χ1v) is 10.7. The van der Waals surface area contributed by atoms with Crippen LogP contribution in [0.4, 0.5) is 4.39 Å². The number of nitrogens with one attached hydrogen (secondary N) is 1. The molecular formula is C23H26FN5O3. The molecule has 2 aromatic heterocycles. The molecule has 0 saturated carbocycles. The largest absolute Gasteiger partial charge is 0.394 e. The molecule has 1 aliphatic heterocycles. The number of ether oxygens (including phenoxy) is 1. The Bertz CT molecular complexity index is 1030. The van der Waals surface area contributed by atoms with Gasteiger partial charge in [0.1, 0.15) is 17.6 Å². The molecular weight excluding hydrogens is 413 g/mol. The van der Waals surface area contributed by atoms with Crippen LogP contribution in [-0.4, -0.2) is 55.8 Å². The van der Waals surface area contributed by atoms with E-state index < -0.39 is 6.10 Å². The van der Waals surface area contributed by atoms with Gasteiger partial charge in [-0.05, 0) is 43.0 Å². The smallest absolute Gasteiger partial charge is 0.224 e. The van der Waals surface area contributed by atoms with Crippen LogP contribution in [0.15, 0.2) is 55.0 Å². The number of carbonyl (C=O) groups is 1. The van der Waals surface area contributed by atoms with Gasteiger partial charge in [0.25, 0.3) is 0 Å². The van der Waals surface area contributed by atoms with Gasteiger partial charge in [0.05, 0.1) is 31.4 Å². The third-order valence-electron chi connectivity index (χ3n) is 5.60. The summed E-state index contributed by atoms with van der Waals surface area (Å²) in [4.78, 5) is 16.4. The summed E-state index contributed by atoms with van der Waals surface area (Å²) in [7, 11) is 0. The molecule has 3 heterocycles. The minimum Gasteiger partial charge on any atom is -0.394 e. The van der Waals surface area contributed by atoms with Crippen LogP contribution in [0, 0.1) is 5.82 Å². The molecule has 3 aromatic rings. The summed E-state index contributed by atoms with van der Waals surface area (Å²) in [6.07, 6.45) is 6.89. The van der Waals surface area contributed by atoms with Gasteiger partial charge in [-0.3, -0.25) is 14.5 Å². The van der Waals surface area contributed by atoms with Gasteiger partial charge in [0.2, 0.25) is 5.91 Å². The molecule has 0 radical (unpaired) electrons. The number of hydrogen-bond donors (Lipinski definition) is 2. The fourth-order valence-electron chi connectivity index (χ4n) is 3.93. The number of hydrogen-bond acceptors (Lipinski definition) is 6. The van der Waals surface area contributed by atoms with Gasteiger partial charge in [-0.1, -0.05) is 23.4 Å². The van der Waals surface area contributed by atoms with E-state index in [1.807, 2.05) is 6.07 Å². The van der Waals surface area contributed by atoms with Crippen LogP contribution in [-0.2, 0) is 22.5 Å². The lowest BCUT2D eigenvalue weighted by molar-refractivity contribution is -0.128. The Morgan fingerprint density at radius 2 is 2.12 bits per heavy atom. The predicted octanol–water partition coefficient (Wildman–Crippen LogP) is 2.14. The van der Waals surface area contributed by atoms with Crippen molar-refractivity contribution in [1.82, 2.24) is 25.3 Å². The number of rotatable bonds is 8. The van der Waals surface area contributed by atoms with Crippen molar-refractivity contribution in [2.24, 2.45) is 0 Å². The summed E-state index contributed by atoms with van der Waals surface area (Å²) in [5.41, 5.74) is 1.73. The van der Waals surface area contributed by atoms with Crippen LogP contribution < -0.4 is 5.32 Å². The Hall–Kier alpha value is -3.17. The molecule has 1 aliphatic rings. The van der Waals surface area contributed by atoms with Crippen molar-refractivity contribution in [1.29, 1.82) is 0 Å². The number of nitrogens with zero attached hydrogens (tertiary/aromatic N) is 4. The van der Waals surface area contributed by atoms with Gasteiger partial charge in [0, 0.05) is 24.5 Å². The molecule has 4 rings (SSSR count). The fourth-order valence-corrected chi connectivity index (χ4v) is 3.93. The van der Waals surface area contributed by atoms with E-state index in [1.54, 1.807) is 47.5 Å². The third kappa shape index (κ3) is 5.54. The zero-order chi connectivity index (χ0) is 22.3. The van der Waals surface area contributed by atoms with Crippen LogP contribution in [0.2, 0.25) is 0 Å². The quantitative estimate of drug-likeness (QED) is 0.558. The van der Waals surface area contributed by atoms with Crippen LogP contribution >= 0.6 is 0 Å². The average molecular weight is 439 g/mol. The van der Waals surface area contributed by atoms with Crippen molar-refractivity contribution in [2.75, 3.05) is 6.61 Å². The lowest BCUT2D eigenvalue weighted by Gasteiger charge is -2.36. The molecule has 0 unspecified atom stereocenters. The van der Waals surface area contributed by atoms with E-state index in [9.17, 15) is 14.3 Å². The molecule has 1 fully saturated rings. The van der Waals surface area contributed by atoms with E-state index in [4.69, 9.17) is 4.74 Å². The number of benzene rings is 1. The van der Waals surface area contributed by atoms with E-state index in [2.05, 4.69) is 20.6 Å². The van der Waals surface area contributed by atoms with Crippen LogP contribution in [0.3, 0.4) is 0 Å². The van der Waals surface area contributed by atoms with E-state index in [-0.39, 0.29) is 36.9 Å². The molecule has 2 N–H and O–H groups in total. The number of aryl methyl sites for hydroxylation is 1. The Balaban J connectivity index is 1.27. The maximum absolute atomic E-state index is 13.9. The van der Waals surface area contributed by atoms with Crippen LogP contribution in [0.25, 0.3) is 11.3 Å². The van der Waals surface area contributed by atoms with Crippen molar-refractivity contribution < 1.29 is 19.0 Å².